The topological polar surface area (TPSA) is 86.3 Å². The van der Waals surface area contributed by atoms with E-state index in [1.165, 1.54) is 12.3 Å². The molecule has 2 heterocycles. The molecule has 1 amide bonds. The molecule has 1 aromatic heterocycles. The number of carbonyl (C=O) groups is 2. The van der Waals surface area contributed by atoms with Crippen LogP contribution in [0.15, 0.2) is 12.3 Å². The lowest BCUT2D eigenvalue weighted by Crippen LogP contribution is -2.47. The van der Waals surface area contributed by atoms with Gasteiger partial charge in [0.1, 0.15) is 5.69 Å². The SMILES string of the molecule is O=C(c1ccn[nH]1)N1CCC(C(=O)O)(C(F)(F)F)C1. The maximum absolute atomic E-state index is 12.9. The molecule has 0 aliphatic carbocycles. The van der Waals surface area contributed by atoms with Crippen molar-refractivity contribution < 1.29 is 27.9 Å². The van der Waals surface area contributed by atoms with E-state index >= 15 is 0 Å². The van der Waals surface area contributed by atoms with Crippen LogP contribution in [-0.4, -0.2) is 51.3 Å². The fourth-order valence-electron chi connectivity index (χ4n) is 2.06. The zero-order valence-corrected chi connectivity index (χ0v) is 9.57. The van der Waals surface area contributed by atoms with Crippen molar-refractivity contribution in [3.63, 3.8) is 0 Å². The molecule has 104 valence electrons. The van der Waals surface area contributed by atoms with E-state index in [1.54, 1.807) is 0 Å². The number of aromatic amines is 1. The second-order valence-electron chi connectivity index (χ2n) is 4.33. The second-order valence-corrected chi connectivity index (χ2v) is 4.33. The third kappa shape index (κ3) is 2.04. The van der Waals surface area contributed by atoms with Gasteiger partial charge in [-0.1, -0.05) is 0 Å². The highest BCUT2D eigenvalue weighted by Gasteiger charge is 2.64. The smallest absolute Gasteiger partial charge is 0.406 e. The molecule has 1 unspecified atom stereocenters. The maximum atomic E-state index is 12.9. The number of hydrogen-bond donors (Lipinski definition) is 2. The normalized spacial score (nSPS) is 23.6. The van der Waals surface area contributed by atoms with Crippen LogP contribution in [0.2, 0.25) is 0 Å². The highest BCUT2D eigenvalue weighted by atomic mass is 19.4. The number of halogens is 3. The molecule has 1 atom stereocenters. The number of nitrogens with one attached hydrogen (secondary N) is 1. The van der Waals surface area contributed by atoms with Crippen LogP contribution < -0.4 is 0 Å². The summed E-state index contributed by atoms with van der Waals surface area (Å²) in [5.74, 6) is -2.65. The molecule has 2 rings (SSSR count). The molecule has 1 aliphatic rings. The molecule has 2 N–H and O–H groups in total. The lowest BCUT2D eigenvalue weighted by molar-refractivity contribution is -0.227. The first kappa shape index (κ1) is 13.4. The molecular weight excluding hydrogens is 267 g/mol. The quantitative estimate of drug-likeness (QED) is 0.840. The van der Waals surface area contributed by atoms with Crippen LogP contribution in [0, 0.1) is 5.41 Å². The van der Waals surface area contributed by atoms with Gasteiger partial charge in [0.25, 0.3) is 5.91 Å². The lowest BCUT2D eigenvalue weighted by Gasteiger charge is -2.27. The monoisotopic (exact) mass is 277 g/mol. The Morgan fingerprint density at radius 2 is 2.16 bits per heavy atom. The van der Waals surface area contributed by atoms with Gasteiger partial charge in [-0.05, 0) is 12.5 Å². The van der Waals surface area contributed by atoms with E-state index in [4.69, 9.17) is 5.11 Å². The van der Waals surface area contributed by atoms with Crippen molar-refractivity contribution in [1.82, 2.24) is 15.1 Å². The van der Waals surface area contributed by atoms with Gasteiger partial charge in [-0.2, -0.15) is 18.3 Å². The highest BCUT2D eigenvalue weighted by Crippen LogP contribution is 2.45. The van der Waals surface area contributed by atoms with Crippen molar-refractivity contribution >= 4 is 11.9 Å². The Morgan fingerprint density at radius 1 is 1.47 bits per heavy atom. The van der Waals surface area contributed by atoms with Gasteiger partial charge >= 0.3 is 12.1 Å². The third-order valence-corrected chi connectivity index (χ3v) is 3.24. The van der Waals surface area contributed by atoms with Crippen molar-refractivity contribution in [2.24, 2.45) is 5.41 Å². The Bertz CT molecular complexity index is 500. The predicted octanol–water partition coefficient (Wildman–Crippen LogP) is 0.889. The minimum Gasteiger partial charge on any atom is -0.481 e. The Labute approximate surface area is 105 Å². The molecule has 0 radical (unpaired) electrons. The van der Waals surface area contributed by atoms with E-state index in [0.29, 0.717) is 0 Å². The molecule has 0 aromatic carbocycles. The summed E-state index contributed by atoms with van der Waals surface area (Å²) in [6.45, 7) is -1.15. The number of alkyl halides is 3. The Kier molecular flexibility index (Phi) is 2.99. The maximum Gasteiger partial charge on any atom is 0.406 e. The fraction of sp³-hybridized carbons (Fsp3) is 0.500. The molecule has 9 heteroatoms. The van der Waals surface area contributed by atoms with Crippen molar-refractivity contribution in [1.29, 1.82) is 0 Å². The summed E-state index contributed by atoms with van der Waals surface area (Å²) in [4.78, 5) is 23.7. The zero-order valence-electron chi connectivity index (χ0n) is 9.57. The molecule has 6 nitrogen and oxygen atoms in total. The number of carbonyl (C=O) groups excluding carboxylic acids is 1. The minimum absolute atomic E-state index is 0.0309. The van der Waals surface area contributed by atoms with Gasteiger partial charge in [0.2, 0.25) is 0 Å². The molecule has 19 heavy (non-hydrogen) atoms. The number of hydrogen-bond acceptors (Lipinski definition) is 3. The van der Waals surface area contributed by atoms with Gasteiger partial charge in [0, 0.05) is 19.3 Å². The lowest BCUT2D eigenvalue weighted by atomic mass is 9.86. The Hall–Kier alpha value is -2.06. The van der Waals surface area contributed by atoms with Gasteiger partial charge in [0.15, 0.2) is 5.41 Å². The standard InChI is InChI=1S/C10H10F3N3O3/c11-10(12,13)9(8(18)19)2-4-16(5-9)7(17)6-1-3-14-15-6/h1,3H,2,4-5H2,(H,14,15)(H,18,19). The average Bonchev–Trinajstić information content (AvgIpc) is 2.97. The number of nitrogens with zero attached hydrogens (tertiary/aromatic N) is 2. The summed E-state index contributed by atoms with van der Waals surface area (Å²) < 4.78 is 38.7. The van der Waals surface area contributed by atoms with Crippen LogP contribution in [0.25, 0.3) is 0 Å². The number of aliphatic carboxylic acids is 1. The second kappa shape index (κ2) is 4.25. The van der Waals surface area contributed by atoms with Crippen LogP contribution in [0.3, 0.4) is 0 Å². The first-order valence-electron chi connectivity index (χ1n) is 5.37. The van der Waals surface area contributed by atoms with Crippen molar-refractivity contribution in [2.75, 3.05) is 13.1 Å². The largest absolute Gasteiger partial charge is 0.481 e. The summed E-state index contributed by atoms with van der Waals surface area (Å²) in [6.07, 6.45) is -4.26. The molecule has 1 aliphatic heterocycles. The predicted molar refractivity (Wildman–Crippen MR) is 55.2 cm³/mol. The number of amides is 1. The summed E-state index contributed by atoms with van der Waals surface area (Å²) in [6, 6.07) is 1.32. The van der Waals surface area contributed by atoms with Crippen LogP contribution in [0.5, 0.6) is 0 Å². The number of aromatic nitrogens is 2. The average molecular weight is 277 g/mol. The molecule has 1 saturated heterocycles. The zero-order chi connectivity index (χ0) is 14.3. The van der Waals surface area contributed by atoms with Gasteiger partial charge < -0.3 is 10.0 Å². The molecule has 0 spiro atoms. The number of carboxylic acid groups (broad SMARTS) is 1. The first-order chi connectivity index (χ1) is 8.78. The van der Waals surface area contributed by atoms with Crippen LogP contribution in [-0.2, 0) is 4.79 Å². The summed E-state index contributed by atoms with van der Waals surface area (Å²) in [7, 11) is 0. The van der Waals surface area contributed by atoms with Crippen molar-refractivity contribution in [3.05, 3.63) is 18.0 Å². The highest BCUT2D eigenvalue weighted by molar-refractivity contribution is 5.93. The molecule has 0 bridgehead atoms. The molecule has 0 saturated carbocycles. The molecule has 1 fully saturated rings. The van der Waals surface area contributed by atoms with E-state index in [9.17, 15) is 22.8 Å². The van der Waals surface area contributed by atoms with Gasteiger partial charge in [-0.15, -0.1) is 0 Å². The number of likely N-dealkylation sites (tertiary alicyclic amines) is 1. The van der Waals surface area contributed by atoms with Crippen LogP contribution in [0.4, 0.5) is 13.2 Å². The van der Waals surface area contributed by atoms with Crippen molar-refractivity contribution in [3.8, 4) is 0 Å². The van der Waals surface area contributed by atoms with Crippen molar-refractivity contribution in [2.45, 2.75) is 12.6 Å². The van der Waals surface area contributed by atoms with E-state index in [2.05, 4.69) is 10.2 Å². The molecule has 1 aromatic rings. The minimum atomic E-state index is -4.90. The summed E-state index contributed by atoms with van der Waals surface area (Å²) in [5, 5.41) is 14.7. The Morgan fingerprint density at radius 3 is 2.58 bits per heavy atom. The van der Waals surface area contributed by atoms with E-state index in [-0.39, 0.29) is 12.2 Å². The van der Waals surface area contributed by atoms with Gasteiger partial charge in [-0.3, -0.25) is 14.7 Å². The third-order valence-electron chi connectivity index (χ3n) is 3.24. The van der Waals surface area contributed by atoms with E-state index < -0.39 is 36.4 Å². The van der Waals surface area contributed by atoms with Gasteiger partial charge in [0.05, 0.1) is 0 Å². The summed E-state index contributed by atoms with van der Waals surface area (Å²) >= 11 is 0. The molecular formula is C10H10F3N3O3. The number of carboxylic acids is 1. The number of H-pyrrole nitrogens is 1. The summed E-state index contributed by atoms with van der Waals surface area (Å²) in [5.41, 5.74) is -2.86. The fourth-order valence-corrected chi connectivity index (χ4v) is 2.06. The number of rotatable bonds is 2. The van der Waals surface area contributed by atoms with E-state index in [0.717, 1.165) is 4.90 Å². The van der Waals surface area contributed by atoms with Crippen LogP contribution in [0.1, 0.15) is 16.9 Å². The Balaban J connectivity index is 2.23. The van der Waals surface area contributed by atoms with Gasteiger partial charge in [-0.25, -0.2) is 0 Å². The van der Waals surface area contributed by atoms with Crippen LogP contribution >= 0.6 is 0 Å². The first-order valence-corrected chi connectivity index (χ1v) is 5.37. The van der Waals surface area contributed by atoms with E-state index in [1.807, 2.05) is 0 Å².